The van der Waals surface area contributed by atoms with E-state index in [4.69, 9.17) is 4.74 Å². The first kappa shape index (κ1) is 14.0. The van der Waals surface area contributed by atoms with Crippen molar-refractivity contribution in [1.29, 1.82) is 0 Å². The summed E-state index contributed by atoms with van der Waals surface area (Å²) in [5, 5.41) is 13.6. The number of rotatable bonds is 6. The summed E-state index contributed by atoms with van der Waals surface area (Å²) in [5.74, 6) is 1.68. The van der Waals surface area contributed by atoms with E-state index >= 15 is 0 Å². The van der Waals surface area contributed by atoms with Gasteiger partial charge in [-0.05, 0) is 30.4 Å². The molecule has 1 aliphatic rings. The molecule has 1 fully saturated rings. The van der Waals surface area contributed by atoms with Crippen LogP contribution in [-0.4, -0.2) is 12.2 Å². The Morgan fingerprint density at radius 1 is 1.19 bits per heavy atom. The average molecular weight is 283 g/mol. The molecule has 0 spiro atoms. The van der Waals surface area contributed by atoms with Crippen molar-refractivity contribution in [2.75, 3.05) is 7.11 Å². The largest absolute Gasteiger partial charge is 0.507 e. The third kappa shape index (κ3) is 3.37. The lowest BCUT2D eigenvalue weighted by molar-refractivity contribution is 0.404. The second kappa shape index (κ2) is 6.19. The molecular weight excluding hydrogens is 262 g/mol. The van der Waals surface area contributed by atoms with Gasteiger partial charge in [0.1, 0.15) is 11.5 Å². The molecule has 110 valence electrons. The third-order valence-electron chi connectivity index (χ3n) is 4.06. The van der Waals surface area contributed by atoms with Crippen molar-refractivity contribution in [3.8, 4) is 11.5 Å². The Hall–Kier alpha value is -2.00. The highest BCUT2D eigenvalue weighted by Crippen LogP contribution is 2.41. The van der Waals surface area contributed by atoms with Crippen LogP contribution in [0.15, 0.2) is 48.5 Å². The summed E-state index contributed by atoms with van der Waals surface area (Å²) in [7, 11) is 1.60. The molecule has 2 aromatic rings. The molecule has 3 heteroatoms. The fraction of sp³-hybridized carbons (Fsp3) is 0.333. The van der Waals surface area contributed by atoms with Crippen molar-refractivity contribution in [3.63, 3.8) is 0 Å². The molecule has 0 radical (unpaired) electrons. The summed E-state index contributed by atoms with van der Waals surface area (Å²) >= 11 is 0. The fourth-order valence-electron chi connectivity index (χ4n) is 2.69. The molecule has 0 amide bonds. The van der Waals surface area contributed by atoms with E-state index in [-0.39, 0.29) is 5.75 Å². The predicted octanol–water partition coefficient (Wildman–Crippen LogP) is 3.64. The minimum absolute atomic E-state index is 0.282. The number of hydrogen-bond donors (Lipinski definition) is 2. The van der Waals surface area contributed by atoms with E-state index in [1.165, 1.54) is 18.4 Å². The van der Waals surface area contributed by atoms with Crippen LogP contribution in [0.4, 0.5) is 0 Å². The minimum atomic E-state index is 0.282. The molecule has 21 heavy (non-hydrogen) atoms. The summed E-state index contributed by atoms with van der Waals surface area (Å²) in [6, 6.07) is 16.4. The second-order valence-electron chi connectivity index (χ2n) is 5.60. The molecule has 3 nitrogen and oxygen atoms in total. The van der Waals surface area contributed by atoms with Crippen LogP contribution < -0.4 is 10.1 Å². The lowest BCUT2D eigenvalue weighted by Crippen LogP contribution is -2.22. The van der Waals surface area contributed by atoms with E-state index < -0.39 is 0 Å². The number of hydrogen-bond acceptors (Lipinski definition) is 3. The summed E-state index contributed by atoms with van der Waals surface area (Å²) in [4.78, 5) is 0. The van der Waals surface area contributed by atoms with Crippen molar-refractivity contribution in [2.24, 2.45) is 5.92 Å². The molecule has 2 N–H and O–H groups in total. The van der Waals surface area contributed by atoms with E-state index in [2.05, 4.69) is 29.6 Å². The number of benzene rings is 2. The van der Waals surface area contributed by atoms with Gasteiger partial charge in [-0.15, -0.1) is 0 Å². The Kier molecular flexibility index (Phi) is 4.11. The van der Waals surface area contributed by atoms with E-state index in [0.29, 0.717) is 24.3 Å². The second-order valence-corrected chi connectivity index (χ2v) is 5.60. The van der Waals surface area contributed by atoms with Crippen LogP contribution in [0.5, 0.6) is 11.5 Å². The third-order valence-corrected chi connectivity index (χ3v) is 4.06. The molecule has 0 aliphatic heterocycles. The predicted molar refractivity (Wildman–Crippen MR) is 83.4 cm³/mol. The maximum absolute atomic E-state index is 10.0. The van der Waals surface area contributed by atoms with Gasteiger partial charge in [-0.3, -0.25) is 0 Å². The monoisotopic (exact) mass is 283 g/mol. The smallest absolute Gasteiger partial charge is 0.123 e. The Balaban J connectivity index is 1.70. The maximum atomic E-state index is 10.0. The number of phenolic OH excluding ortho intramolecular Hbond substituents is 1. The summed E-state index contributed by atoms with van der Waals surface area (Å²) in [6.07, 6.45) is 2.56. The molecule has 2 aromatic carbocycles. The summed E-state index contributed by atoms with van der Waals surface area (Å²) in [6.45, 7) is 0.659. The van der Waals surface area contributed by atoms with Crippen LogP contribution in [-0.2, 0) is 6.54 Å². The van der Waals surface area contributed by atoms with Crippen molar-refractivity contribution < 1.29 is 9.84 Å². The van der Waals surface area contributed by atoms with Crippen LogP contribution in [0.2, 0.25) is 0 Å². The van der Waals surface area contributed by atoms with Gasteiger partial charge in [-0.2, -0.15) is 0 Å². The van der Waals surface area contributed by atoms with Crippen LogP contribution >= 0.6 is 0 Å². The van der Waals surface area contributed by atoms with Gasteiger partial charge in [0.15, 0.2) is 0 Å². The van der Waals surface area contributed by atoms with Gasteiger partial charge in [0, 0.05) is 24.2 Å². The quantitative estimate of drug-likeness (QED) is 0.850. The van der Waals surface area contributed by atoms with Gasteiger partial charge in [0.05, 0.1) is 7.11 Å². The molecule has 0 aromatic heterocycles. The van der Waals surface area contributed by atoms with Gasteiger partial charge in [-0.25, -0.2) is 0 Å². The van der Waals surface area contributed by atoms with Crippen LogP contribution in [0, 0.1) is 5.92 Å². The maximum Gasteiger partial charge on any atom is 0.123 e. The molecule has 0 saturated heterocycles. The van der Waals surface area contributed by atoms with Crippen LogP contribution in [0.3, 0.4) is 0 Å². The Morgan fingerprint density at radius 3 is 2.57 bits per heavy atom. The zero-order valence-corrected chi connectivity index (χ0v) is 12.3. The standard InChI is InChI=1S/C18H21NO2/c1-21-16-10-9-15(17(20)11-16)12-19-18(14-7-8-14)13-5-3-2-4-6-13/h2-6,9-11,14,18-20H,7-8,12H2,1H3. The SMILES string of the molecule is COc1ccc(CNC(c2ccccc2)C2CC2)c(O)c1. The van der Waals surface area contributed by atoms with Gasteiger partial charge < -0.3 is 15.2 Å². The summed E-state index contributed by atoms with van der Waals surface area (Å²) in [5.41, 5.74) is 2.23. The number of phenols is 1. The van der Waals surface area contributed by atoms with Crippen molar-refractivity contribution in [3.05, 3.63) is 59.7 Å². The number of methoxy groups -OCH3 is 1. The molecule has 1 aliphatic carbocycles. The molecule has 1 unspecified atom stereocenters. The Labute approximate surface area is 125 Å². The Morgan fingerprint density at radius 2 is 1.95 bits per heavy atom. The average Bonchev–Trinajstić information content (AvgIpc) is 3.35. The van der Waals surface area contributed by atoms with E-state index in [1.54, 1.807) is 13.2 Å². The van der Waals surface area contributed by atoms with Gasteiger partial charge in [0.25, 0.3) is 0 Å². The number of aromatic hydroxyl groups is 1. The lowest BCUT2D eigenvalue weighted by atomic mass is 10.0. The number of nitrogens with one attached hydrogen (secondary N) is 1. The van der Waals surface area contributed by atoms with E-state index in [0.717, 1.165) is 5.56 Å². The highest BCUT2D eigenvalue weighted by molar-refractivity contribution is 5.39. The summed E-state index contributed by atoms with van der Waals surface area (Å²) < 4.78 is 5.11. The molecule has 3 rings (SSSR count). The van der Waals surface area contributed by atoms with Crippen molar-refractivity contribution in [1.82, 2.24) is 5.32 Å². The first-order valence-corrected chi connectivity index (χ1v) is 7.42. The van der Waals surface area contributed by atoms with Crippen LogP contribution in [0.25, 0.3) is 0 Å². The normalized spacial score (nSPS) is 15.7. The van der Waals surface area contributed by atoms with Gasteiger partial charge in [0.2, 0.25) is 0 Å². The molecule has 1 atom stereocenters. The van der Waals surface area contributed by atoms with Crippen LogP contribution in [0.1, 0.15) is 30.0 Å². The molecule has 0 bridgehead atoms. The molecule has 0 heterocycles. The van der Waals surface area contributed by atoms with Gasteiger partial charge >= 0.3 is 0 Å². The van der Waals surface area contributed by atoms with E-state index in [9.17, 15) is 5.11 Å². The lowest BCUT2D eigenvalue weighted by Gasteiger charge is -2.19. The van der Waals surface area contributed by atoms with Crippen molar-refractivity contribution in [2.45, 2.75) is 25.4 Å². The highest BCUT2D eigenvalue weighted by Gasteiger charge is 2.31. The van der Waals surface area contributed by atoms with E-state index in [1.807, 2.05) is 18.2 Å². The number of ether oxygens (including phenoxy) is 1. The topological polar surface area (TPSA) is 41.5 Å². The highest BCUT2D eigenvalue weighted by atomic mass is 16.5. The zero-order valence-electron chi connectivity index (χ0n) is 12.3. The van der Waals surface area contributed by atoms with Crippen molar-refractivity contribution >= 4 is 0 Å². The first-order chi connectivity index (χ1) is 10.3. The van der Waals surface area contributed by atoms with Gasteiger partial charge in [-0.1, -0.05) is 36.4 Å². The molecule has 1 saturated carbocycles. The zero-order chi connectivity index (χ0) is 14.7. The first-order valence-electron chi connectivity index (χ1n) is 7.42. The molecular formula is C18H21NO2. The Bertz CT molecular complexity index is 593. The fourth-order valence-corrected chi connectivity index (χ4v) is 2.69. The minimum Gasteiger partial charge on any atom is -0.507 e.